The van der Waals surface area contributed by atoms with E-state index in [0.29, 0.717) is 0 Å². The van der Waals surface area contributed by atoms with Gasteiger partial charge in [0.1, 0.15) is 96.4 Å². The van der Waals surface area contributed by atoms with Crippen molar-refractivity contribution in [3.05, 3.63) is 47.4 Å². The molecule has 0 spiro atoms. The van der Waals surface area contributed by atoms with Gasteiger partial charge in [0, 0.05) is 19.3 Å². The molecule has 4 aliphatic rings. The maximum atomic E-state index is 14.4. The molecule has 8 aromatic heterocycles. The highest BCUT2D eigenvalue weighted by Gasteiger charge is 2.72. The van der Waals surface area contributed by atoms with Crippen LogP contribution in [0.4, 0.5) is 23.3 Å². The number of aromatic nitrogens is 16. The van der Waals surface area contributed by atoms with Gasteiger partial charge in [0.05, 0.1) is 31.0 Å². The first-order valence-corrected chi connectivity index (χ1v) is 33.5. The molecule has 0 saturated carbocycles. The van der Waals surface area contributed by atoms with Crippen LogP contribution in [0.3, 0.4) is 0 Å². The van der Waals surface area contributed by atoms with Crippen LogP contribution in [0, 0.1) is 0 Å². The summed E-state index contributed by atoms with van der Waals surface area (Å²) in [5.74, 6) is -1.04. The Labute approximate surface area is 519 Å². The Morgan fingerprint density at radius 3 is 1.34 bits per heavy atom. The molecule has 8 aromatic rings. The number of nitrogens with two attached hydrogens (primary N) is 4. The third-order valence-corrected chi connectivity index (χ3v) is 18.8. The van der Waals surface area contributed by atoms with Crippen molar-refractivity contribution in [2.45, 2.75) is 123 Å². The van der Waals surface area contributed by atoms with Crippen LogP contribution in [0.15, 0.2) is 47.4 Å². The maximum absolute atomic E-state index is 14.4. The molecule has 4 saturated heterocycles. The largest absolute Gasteiger partial charge is 0.470 e. The monoisotopic (exact) mass is 1490 g/mol. The van der Waals surface area contributed by atoms with Crippen molar-refractivity contribution in [3.8, 4) is 0 Å². The van der Waals surface area contributed by atoms with Gasteiger partial charge in [-0.25, -0.2) is 78.1 Å². The minimum atomic E-state index is -6.52. The number of phosphoric acid groups is 4. The molecule has 45 nitrogen and oxygen atoms in total. The van der Waals surface area contributed by atoms with Crippen LogP contribution >= 0.6 is 63.2 Å². The lowest BCUT2D eigenvalue weighted by molar-refractivity contribution is -0.248. The maximum Gasteiger partial charge on any atom is 0.470 e. The Kier molecular flexibility index (Phi) is 16.9. The highest BCUT2D eigenvalue weighted by Crippen LogP contribution is 2.62. The number of ether oxygens (including phenoxy) is 4. The summed E-state index contributed by atoms with van der Waals surface area (Å²) in [6.45, 7) is 0. The van der Waals surface area contributed by atoms with Gasteiger partial charge in [-0.15, -0.1) is 0 Å². The standard InChI is InChI=1S/C40H48Br2N20O25P4/c41-37-57-15-27(45)49-6-53-31(15)61(37)34-20(66)24(67)40(83-34,3-12-21(84-88(68,69)70)19(65)33(82-12)59-8-55-13-25(43)47-4-51-29(13)59)39(87-91(77,78)79,1-10-17(63)22(85-89(71,72)73)35(80-10)60-9-56-14-26(44)48-5-52-30(14)60)2-11-18(64)23(86-90(74,75)76)36(81-11)62-32-16(58-38(62)42)28(46)50-7-54-32/h4-12,17-24,33-36,63-67H,1-3H2,(H2,43,47,51)(H2,44,48,52)(H2,45,49,53)(H2,46,50,54)(H2,68,69,70)(H2,71,72,73)(H2,74,75,76)(H2,77,78,79)/t10-,11-,12-,17-,18-,19-,20-,21-,22-,23-,24+,33-,34-,35-,36-,39?,40+/m1/s1. The molecule has 12 rings (SSSR count). The number of nitrogens with zero attached hydrogens (tertiary/aromatic N) is 16. The van der Waals surface area contributed by atoms with Crippen LogP contribution in [-0.4, -0.2) is 221 Å². The summed E-state index contributed by atoms with van der Waals surface area (Å²) in [5, 5.41) is 63.7. The zero-order valence-corrected chi connectivity index (χ0v) is 51.7. The number of fused-ring (bicyclic) bond motifs is 4. The third-order valence-electron chi connectivity index (χ3n) is 15.5. The summed E-state index contributed by atoms with van der Waals surface area (Å²) in [5.41, 5.74) is 15.6. The van der Waals surface area contributed by atoms with Crippen LogP contribution in [0.5, 0.6) is 0 Å². The topological polar surface area (TPSA) is 684 Å². The SMILES string of the molecule is Nc1ncnc2c1ncn2[C@@H]1O[C@H](C[C@]2(C(C[C@H]3O[C@@H](n4cnc5c(N)ncnc54)[C@H](OP(=O)(O)O)[C@@H]3O)(C[C@H]3O[C@@H](n4c(Br)nc5c(N)ncnc54)[C@H](OP(=O)(O)O)[C@@H]3O)OP(=O)(O)O)O[C@@H](n3c(Br)nc4c(N)ncnc43)[C@H](O)[C@@H]2O)[C@@H](OP(=O)(O)O)[C@H]1O. The molecule has 12 heterocycles. The number of phosphoric ester groups is 4. The Hall–Kier alpha value is -5.56. The lowest BCUT2D eigenvalue weighted by Gasteiger charge is -2.51. The lowest BCUT2D eigenvalue weighted by atomic mass is 9.68. The van der Waals surface area contributed by atoms with Gasteiger partial charge in [-0.1, -0.05) is 0 Å². The molecule has 0 aliphatic carbocycles. The lowest BCUT2D eigenvalue weighted by Crippen LogP contribution is -2.66. The Morgan fingerprint density at radius 2 is 0.879 bits per heavy atom. The molecular formula is C40H48Br2N20O25P4. The number of aliphatic hydroxyl groups is 5. The summed E-state index contributed by atoms with van der Waals surface area (Å²) in [6, 6.07) is 0. The first-order valence-electron chi connectivity index (χ1n) is 25.7. The first kappa shape index (κ1) is 65.5. The van der Waals surface area contributed by atoms with Gasteiger partial charge in [-0.2, -0.15) is 0 Å². The van der Waals surface area contributed by atoms with Crippen molar-refractivity contribution < 1.29 is 120 Å². The second kappa shape index (κ2) is 23.4. The van der Waals surface area contributed by atoms with E-state index < -0.39 is 154 Å². The summed E-state index contributed by atoms with van der Waals surface area (Å²) >= 11 is 6.45. The number of hydrogen-bond acceptors (Lipinski definition) is 33. The number of hydrogen-bond donors (Lipinski definition) is 17. The van der Waals surface area contributed by atoms with Crippen LogP contribution in [-0.2, 0) is 55.3 Å². The summed E-state index contributed by atoms with van der Waals surface area (Å²) in [4.78, 5) is 135. The molecule has 21 N–H and O–H groups in total. The fourth-order valence-corrected chi connectivity index (χ4v) is 15.5. The second-order valence-corrected chi connectivity index (χ2v) is 27.1. The van der Waals surface area contributed by atoms with E-state index in [0.717, 1.165) is 56.2 Å². The summed E-state index contributed by atoms with van der Waals surface area (Å²) in [7, 11) is -24.1. The van der Waals surface area contributed by atoms with E-state index in [1.54, 1.807) is 0 Å². The molecule has 0 amide bonds. The average Bonchev–Trinajstić information content (AvgIpc) is 1.58. The predicted octanol–water partition coefficient (Wildman–Crippen LogP) is -3.58. The number of anilines is 4. The second-order valence-electron chi connectivity index (χ2n) is 20.9. The van der Waals surface area contributed by atoms with E-state index in [2.05, 4.69) is 91.7 Å². The van der Waals surface area contributed by atoms with E-state index in [1.807, 2.05) is 0 Å². The average molecular weight is 1490 g/mol. The molecule has 51 heteroatoms. The minimum absolute atomic E-state index is 0.113. The fraction of sp³-hybridized carbons (Fsp3) is 0.500. The van der Waals surface area contributed by atoms with E-state index in [-0.39, 0.29) is 77.4 Å². The molecule has 17 atom stereocenters. The molecule has 0 radical (unpaired) electrons. The number of rotatable bonds is 19. The van der Waals surface area contributed by atoms with Gasteiger partial charge in [-0.05, 0) is 31.9 Å². The molecule has 1 unspecified atom stereocenters. The van der Waals surface area contributed by atoms with Gasteiger partial charge < -0.3 is 107 Å². The van der Waals surface area contributed by atoms with Crippen LogP contribution in [0.2, 0.25) is 0 Å². The summed E-state index contributed by atoms with van der Waals surface area (Å²) in [6.07, 6.45) is -34.3. The van der Waals surface area contributed by atoms with Crippen LogP contribution < -0.4 is 22.9 Å². The van der Waals surface area contributed by atoms with E-state index >= 15 is 0 Å². The number of halogens is 2. The van der Waals surface area contributed by atoms with Crippen molar-refractivity contribution >= 4 is 131 Å². The predicted molar refractivity (Wildman–Crippen MR) is 299 cm³/mol. The molecule has 0 bridgehead atoms. The van der Waals surface area contributed by atoms with E-state index in [9.17, 15) is 82.9 Å². The van der Waals surface area contributed by atoms with E-state index in [1.165, 1.54) is 0 Å². The third kappa shape index (κ3) is 11.8. The van der Waals surface area contributed by atoms with Gasteiger partial charge >= 0.3 is 31.3 Å². The van der Waals surface area contributed by atoms with Crippen molar-refractivity contribution in [1.29, 1.82) is 0 Å². The number of nitrogen functional groups attached to an aromatic ring is 4. The normalized spacial score (nSPS) is 30.9. The van der Waals surface area contributed by atoms with Crippen molar-refractivity contribution in [2.75, 3.05) is 22.9 Å². The quantitative estimate of drug-likeness (QED) is 0.0275. The number of imidazole rings is 4. The number of aliphatic hydroxyl groups excluding tert-OH is 5. The van der Waals surface area contributed by atoms with Crippen LogP contribution in [0.1, 0.15) is 44.2 Å². The summed E-state index contributed by atoms with van der Waals surface area (Å²) < 4.78 is 104. The van der Waals surface area contributed by atoms with Crippen molar-refractivity contribution in [2.24, 2.45) is 0 Å². The molecule has 4 aliphatic heterocycles. The van der Waals surface area contributed by atoms with Crippen molar-refractivity contribution in [1.82, 2.24) is 78.1 Å². The molecule has 0 aromatic carbocycles. The van der Waals surface area contributed by atoms with Crippen LogP contribution in [0.25, 0.3) is 44.7 Å². The van der Waals surface area contributed by atoms with Gasteiger partial charge in [-0.3, -0.25) is 36.4 Å². The molecular weight excluding hydrogens is 1440 g/mol. The smallest absolute Gasteiger partial charge is 0.387 e. The molecule has 91 heavy (non-hydrogen) atoms. The van der Waals surface area contributed by atoms with Gasteiger partial charge in [0.2, 0.25) is 0 Å². The zero-order chi connectivity index (χ0) is 65.6. The van der Waals surface area contributed by atoms with Gasteiger partial charge in [0.25, 0.3) is 0 Å². The highest BCUT2D eigenvalue weighted by atomic mass is 79.9. The molecule has 4 fully saturated rings. The first-order chi connectivity index (χ1) is 42.6. The fourth-order valence-electron chi connectivity index (χ4n) is 12.0. The van der Waals surface area contributed by atoms with Gasteiger partial charge in [0.15, 0.2) is 91.3 Å². The Bertz CT molecular complexity index is 4350. The zero-order valence-electron chi connectivity index (χ0n) is 45.0. The van der Waals surface area contributed by atoms with Crippen molar-refractivity contribution in [3.63, 3.8) is 0 Å². The highest BCUT2D eigenvalue weighted by molar-refractivity contribution is 9.10. The Morgan fingerprint density at radius 1 is 0.484 bits per heavy atom. The van der Waals surface area contributed by atoms with E-state index in [4.69, 9.17) is 60.0 Å². The minimum Gasteiger partial charge on any atom is -0.387 e. The molecule has 492 valence electrons. The Balaban J connectivity index is 1.11.